The molecule has 2 aromatic rings. The number of carbonyl (C=O) groups excluding carboxylic acids is 1. The second-order valence-corrected chi connectivity index (χ2v) is 3.54. The Morgan fingerprint density at radius 2 is 2.12 bits per heavy atom. The third kappa shape index (κ3) is 1.84. The number of azide groups is 1. The Morgan fingerprint density at radius 3 is 2.76 bits per heavy atom. The van der Waals surface area contributed by atoms with Crippen LogP contribution in [0.15, 0.2) is 35.4 Å². The number of hydrogen-bond acceptors (Lipinski definition) is 2. The van der Waals surface area contributed by atoms with E-state index in [1.807, 2.05) is 0 Å². The van der Waals surface area contributed by atoms with Crippen LogP contribution in [0.25, 0.3) is 21.2 Å². The smallest absolute Gasteiger partial charge is 0.160 e. The van der Waals surface area contributed by atoms with Gasteiger partial charge in [-0.25, -0.2) is 4.39 Å². The highest BCUT2D eigenvalue weighted by Gasteiger charge is 2.12. The zero-order chi connectivity index (χ0) is 12.4. The van der Waals surface area contributed by atoms with Crippen molar-refractivity contribution in [3.8, 4) is 0 Å². The summed E-state index contributed by atoms with van der Waals surface area (Å²) in [5.41, 5.74) is 9.02. The molecule has 0 amide bonds. The van der Waals surface area contributed by atoms with Crippen LogP contribution in [-0.2, 0) is 0 Å². The first-order chi connectivity index (χ1) is 8.15. The first-order valence-corrected chi connectivity index (χ1v) is 4.92. The topological polar surface area (TPSA) is 65.8 Å². The Hall–Kier alpha value is -2.39. The van der Waals surface area contributed by atoms with Crippen LogP contribution in [0.1, 0.15) is 17.3 Å². The number of benzene rings is 2. The van der Waals surface area contributed by atoms with Crippen molar-refractivity contribution in [2.75, 3.05) is 0 Å². The van der Waals surface area contributed by atoms with Crippen molar-refractivity contribution in [3.05, 3.63) is 52.2 Å². The van der Waals surface area contributed by atoms with E-state index in [1.165, 1.54) is 31.2 Å². The molecule has 0 unspecified atom stereocenters. The Morgan fingerprint density at radius 1 is 1.35 bits per heavy atom. The Balaban J connectivity index is 2.95. The number of fused-ring (bicyclic) bond motifs is 1. The SMILES string of the molecule is CC(=O)c1ccc(N=[N+]=[N-])c2cccc(F)c12. The fourth-order valence-corrected chi connectivity index (χ4v) is 1.78. The predicted octanol–water partition coefficient (Wildman–Crippen LogP) is 4.12. The second kappa shape index (κ2) is 4.23. The lowest BCUT2D eigenvalue weighted by Gasteiger charge is -2.06. The molecule has 0 saturated carbocycles. The van der Waals surface area contributed by atoms with Crippen LogP contribution in [0.4, 0.5) is 10.1 Å². The number of rotatable bonds is 2. The molecule has 0 aliphatic rings. The molecular formula is C12H8FN3O. The minimum atomic E-state index is -0.498. The molecular weight excluding hydrogens is 221 g/mol. The lowest BCUT2D eigenvalue weighted by atomic mass is 10.00. The monoisotopic (exact) mass is 229 g/mol. The summed E-state index contributed by atoms with van der Waals surface area (Å²) in [6.45, 7) is 1.37. The normalized spacial score (nSPS) is 10.0. The van der Waals surface area contributed by atoms with Gasteiger partial charge in [-0.3, -0.25) is 4.79 Å². The molecule has 0 N–H and O–H groups in total. The van der Waals surface area contributed by atoms with Gasteiger partial charge in [0.15, 0.2) is 5.78 Å². The van der Waals surface area contributed by atoms with Crippen LogP contribution in [0.2, 0.25) is 0 Å². The van der Waals surface area contributed by atoms with E-state index in [2.05, 4.69) is 10.0 Å². The van der Waals surface area contributed by atoms with E-state index in [4.69, 9.17) is 5.53 Å². The number of nitrogens with zero attached hydrogens (tertiary/aromatic N) is 3. The van der Waals surface area contributed by atoms with Gasteiger partial charge in [0.2, 0.25) is 0 Å². The molecule has 0 aliphatic carbocycles. The molecule has 0 saturated heterocycles. The largest absolute Gasteiger partial charge is 0.294 e. The molecule has 0 fully saturated rings. The van der Waals surface area contributed by atoms with Gasteiger partial charge in [-0.2, -0.15) is 0 Å². The highest BCUT2D eigenvalue weighted by Crippen LogP contribution is 2.31. The molecule has 0 aromatic heterocycles. The summed E-state index contributed by atoms with van der Waals surface area (Å²) in [6, 6.07) is 7.39. The van der Waals surface area contributed by atoms with Crippen LogP contribution in [0.5, 0.6) is 0 Å². The average Bonchev–Trinajstić information content (AvgIpc) is 2.30. The molecule has 2 rings (SSSR count). The molecule has 0 atom stereocenters. The summed E-state index contributed by atoms with van der Waals surface area (Å²) < 4.78 is 13.7. The van der Waals surface area contributed by atoms with E-state index in [-0.39, 0.29) is 16.7 Å². The van der Waals surface area contributed by atoms with E-state index in [0.717, 1.165) is 0 Å². The maximum Gasteiger partial charge on any atom is 0.160 e. The second-order valence-electron chi connectivity index (χ2n) is 3.54. The minimum Gasteiger partial charge on any atom is -0.294 e. The molecule has 0 radical (unpaired) electrons. The summed E-state index contributed by atoms with van der Waals surface area (Å²) in [4.78, 5) is 14.1. The van der Waals surface area contributed by atoms with Crippen molar-refractivity contribution in [3.63, 3.8) is 0 Å². The third-order valence-electron chi connectivity index (χ3n) is 2.50. The van der Waals surface area contributed by atoms with Crippen molar-refractivity contribution in [1.82, 2.24) is 0 Å². The summed E-state index contributed by atoms with van der Waals surface area (Å²) in [5.74, 6) is -0.727. The molecule has 4 nitrogen and oxygen atoms in total. The quantitative estimate of drug-likeness (QED) is 0.330. The Bertz CT molecular complexity index is 660. The van der Waals surface area contributed by atoms with Gasteiger partial charge in [-0.15, -0.1) is 0 Å². The fourth-order valence-electron chi connectivity index (χ4n) is 1.78. The van der Waals surface area contributed by atoms with Crippen molar-refractivity contribution in [1.29, 1.82) is 0 Å². The van der Waals surface area contributed by atoms with E-state index in [1.54, 1.807) is 6.07 Å². The number of hydrogen-bond donors (Lipinski definition) is 0. The minimum absolute atomic E-state index is 0.199. The van der Waals surface area contributed by atoms with Crippen molar-refractivity contribution >= 4 is 22.2 Å². The van der Waals surface area contributed by atoms with Crippen LogP contribution in [0.3, 0.4) is 0 Å². The van der Waals surface area contributed by atoms with Gasteiger partial charge in [-0.05, 0) is 23.9 Å². The maximum absolute atomic E-state index is 13.7. The number of Topliss-reactive ketones (excluding diaryl/α,β-unsaturated/α-hetero) is 1. The van der Waals surface area contributed by atoms with Crippen LogP contribution in [0, 0.1) is 5.82 Å². The summed E-state index contributed by atoms with van der Waals surface area (Å²) >= 11 is 0. The third-order valence-corrected chi connectivity index (χ3v) is 2.50. The molecule has 2 aromatic carbocycles. The molecule has 0 bridgehead atoms. The summed E-state index contributed by atoms with van der Waals surface area (Å²) in [5, 5.41) is 4.12. The average molecular weight is 229 g/mol. The van der Waals surface area contributed by atoms with Gasteiger partial charge in [-0.1, -0.05) is 29.4 Å². The van der Waals surface area contributed by atoms with E-state index in [9.17, 15) is 9.18 Å². The van der Waals surface area contributed by atoms with E-state index >= 15 is 0 Å². The van der Waals surface area contributed by atoms with Gasteiger partial charge >= 0.3 is 0 Å². The van der Waals surface area contributed by atoms with Crippen LogP contribution < -0.4 is 0 Å². The number of carbonyl (C=O) groups is 1. The first-order valence-electron chi connectivity index (χ1n) is 4.92. The van der Waals surface area contributed by atoms with Gasteiger partial charge < -0.3 is 0 Å². The van der Waals surface area contributed by atoms with Crippen molar-refractivity contribution in [2.24, 2.45) is 5.11 Å². The van der Waals surface area contributed by atoms with E-state index in [0.29, 0.717) is 11.1 Å². The Kier molecular flexibility index (Phi) is 2.77. The highest BCUT2D eigenvalue weighted by atomic mass is 19.1. The van der Waals surface area contributed by atoms with Gasteiger partial charge in [0.25, 0.3) is 0 Å². The van der Waals surface area contributed by atoms with Gasteiger partial charge in [0.1, 0.15) is 5.82 Å². The molecule has 0 spiro atoms. The van der Waals surface area contributed by atoms with Crippen LogP contribution in [-0.4, -0.2) is 5.78 Å². The molecule has 5 heteroatoms. The zero-order valence-corrected chi connectivity index (χ0v) is 9.01. The van der Waals surface area contributed by atoms with Crippen molar-refractivity contribution < 1.29 is 9.18 Å². The van der Waals surface area contributed by atoms with Gasteiger partial charge in [0, 0.05) is 21.5 Å². The summed E-state index contributed by atoms with van der Waals surface area (Å²) in [7, 11) is 0. The molecule has 17 heavy (non-hydrogen) atoms. The lowest BCUT2D eigenvalue weighted by Crippen LogP contribution is -1.95. The molecule has 0 heterocycles. The lowest BCUT2D eigenvalue weighted by molar-refractivity contribution is 0.101. The van der Waals surface area contributed by atoms with Crippen LogP contribution >= 0.6 is 0 Å². The number of halogens is 1. The standard InChI is InChI=1S/C12H8FN3O/c1-7(17)8-5-6-11(15-16-14)9-3-2-4-10(13)12(8)9/h2-6H,1H3. The fraction of sp³-hybridized carbons (Fsp3) is 0.0833. The highest BCUT2D eigenvalue weighted by molar-refractivity contribution is 6.10. The first kappa shape index (κ1) is 11.1. The van der Waals surface area contributed by atoms with E-state index < -0.39 is 5.82 Å². The zero-order valence-electron chi connectivity index (χ0n) is 9.01. The molecule has 0 aliphatic heterocycles. The maximum atomic E-state index is 13.7. The molecule has 84 valence electrons. The summed E-state index contributed by atoms with van der Waals surface area (Å²) in [6.07, 6.45) is 0. The van der Waals surface area contributed by atoms with Gasteiger partial charge in [0.05, 0.1) is 0 Å². The predicted molar refractivity (Wildman–Crippen MR) is 62.7 cm³/mol. The number of ketones is 1. The Labute approximate surface area is 96.3 Å². The van der Waals surface area contributed by atoms with Crippen molar-refractivity contribution in [2.45, 2.75) is 6.92 Å².